The summed E-state index contributed by atoms with van der Waals surface area (Å²) in [5, 5.41) is 7.97. The van der Waals surface area contributed by atoms with Gasteiger partial charge in [0.1, 0.15) is 0 Å². The summed E-state index contributed by atoms with van der Waals surface area (Å²) < 4.78 is 0.899. The number of thiophene rings is 2. The fourth-order valence-electron chi connectivity index (χ4n) is 1.86. The second kappa shape index (κ2) is 5.53. The third kappa shape index (κ3) is 2.74. The number of aryl methyl sites for hydroxylation is 2. The molecule has 2 heterocycles. The lowest BCUT2D eigenvalue weighted by Crippen LogP contribution is -2.21. The largest absolute Gasteiger partial charge is 0.306 e. The average Bonchev–Trinajstić information content (AvgIpc) is 2.83. The Hall–Kier alpha value is -0.350. The average molecular weight is 286 g/mol. The highest BCUT2D eigenvalue weighted by Gasteiger charge is 2.18. The number of nitrogens with one attached hydrogen (secondary N) is 1. The molecular formula is C13H16ClNS2. The predicted molar refractivity (Wildman–Crippen MR) is 78.6 cm³/mol. The number of hydrogen-bond donors (Lipinski definition) is 1. The molecule has 4 heteroatoms. The number of hydrogen-bond acceptors (Lipinski definition) is 3. The van der Waals surface area contributed by atoms with Crippen molar-refractivity contribution in [2.75, 3.05) is 6.54 Å². The van der Waals surface area contributed by atoms with E-state index >= 15 is 0 Å². The van der Waals surface area contributed by atoms with Crippen LogP contribution in [-0.2, 0) is 0 Å². The molecule has 0 aromatic carbocycles. The van der Waals surface area contributed by atoms with Gasteiger partial charge in [0, 0.05) is 4.88 Å². The zero-order valence-corrected chi connectivity index (χ0v) is 12.6. The first-order chi connectivity index (χ1) is 8.13. The fourth-order valence-corrected chi connectivity index (χ4v) is 4.05. The fraction of sp³-hybridized carbons (Fsp3) is 0.385. The van der Waals surface area contributed by atoms with Gasteiger partial charge in [-0.2, -0.15) is 11.3 Å². The molecule has 0 aliphatic rings. The zero-order chi connectivity index (χ0) is 12.4. The van der Waals surface area contributed by atoms with Gasteiger partial charge in [0.15, 0.2) is 0 Å². The molecule has 0 aliphatic heterocycles. The zero-order valence-electron chi connectivity index (χ0n) is 10.2. The summed E-state index contributed by atoms with van der Waals surface area (Å²) in [4.78, 5) is 1.30. The maximum Gasteiger partial charge on any atom is 0.0961 e. The lowest BCUT2D eigenvalue weighted by molar-refractivity contribution is 0.638. The molecule has 2 aromatic rings. The van der Waals surface area contributed by atoms with E-state index in [9.17, 15) is 0 Å². The van der Waals surface area contributed by atoms with Crippen LogP contribution in [0.1, 0.15) is 34.5 Å². The number of rotatable bonds is 4. The molecule has 1 atom stereocenters. The summed E-state index contributed by atoms with van der Waals surface area (Å²) >= 11 is 9.60. The standard InChI is InChI=1S/C13H16ClNS2/c1-4-15-12(10-7-16-6-9(10)3)11-5-8(2)13(14)17-11/h5-7,12,15H,4H2,1-3H3. The Morgan fingerprint density at radius 3 is 2.53 bits per heavy atom. The van der Waals surface area contributed by atoms with Crippen LogP contribution in [0.3, 0.4) is 0 Å². The summed E-state index contributed by atoms with van der Waals surface area (Å²) in [6.07, 6.45) is 0. The van der Waals surface area contributed by atoms with Crippen LogP contribution in [-0.4, -0.2) is 6.54 Å². The van der Waals surface area contributed by atoms with E-state index in [4.69, 9.17) is 11.6 Å². The third-order valence-electron chi connectivity index (χ3n) is 2.78. The van der Waals surface area contributed by atoms with Crippen molar-refractivity contribution in [1.29, 1.82) is 0 Å². The third-order valence-corrected chi connectivity index (χ3v) is 5.27. The molecular weight excluding hydrogens is 270 g/mol. The second-order valence-electron chi connectivity index (χ2n) is 4.11. The molecule has 0 saturated carbocycles. The van der Waals surface area contributed by atoms with Crippen molar-refractivity contribution in [2.24, 2.45) is 0 Å². The van der Waals surface area contributed by atoms with Crippen LogP contribution in [0.5, 0.6) is 0 Å². The molecule has 2 rings (SSSR count). The van der Waals surface area contributed by atoms with E-state index < -0.39 is 0 Å². The highest BCUT2D eigenvalue weighted by atomic mass is 35.5. The van der Waals surface area contributed by atoms with E-state index in [0.717, 1.165) is 10.9 Å². The molecule has 17 heavy (non-hydrogen) atoms. The Balaban J connectivity index is 2.39. The van der Waals surface area contributed by atoms with Crippen LogP contribution in [0.2, 0.25) is 4.34 Å². The van der Waals surface area contributed by atoms with Crippen molar-refractivity contribution in [1.82, 2.24) is 5.32 Å². The smallest absolute Gasteiger partial charge is 0.0961 e. The van der Waals surface area contributed by atoms with Crippen LogP contribution >= 0.6 is 34.3 Å². The number of halogens is 1. The summed E-state index contributed by atoms with van der Waals surface area (Å²) in [6.45, 7) is 7.31. The van der Waals surface area contributed by atoms with Crippen molar-refractivity contribution < 1.29 is 0 Å². The molecule has 92 valence electrons. The maximum atomic E-state index is 6.17. The minimum atomic E-state index is 0.280. The highest BCUT2D eigenvalue weighted by molar-refractivity contribution is 7.16. The van der Waals surface area contributed by atoms with Gasteiger partial charge in [-0.05, 0) is 53.9 Å². The molecule has 0 amide bonds. The molecule has 1 unspecified atom stereocenters. The Labute approximate surface area is 115 Å². The predicted octanol–water partition coefficient (Wildman–Crippen LogP) is 4.78. The van der Waals surface area contributed by atoms with Gasteiger partial charge in [-0.25, -0.2) is 0 Å². The first kappa shape index (κ1) is 13.1. The van der Waals surface area contributed by atoms with E-state index in [0.29, 0.717) is 0 Å². The second-order valence-corrected chi connectivity index (χ2v) is 6.54. The van der Waals surface area contributed by atoms with Gasteiger partial charge in [-0.15, -0.1) is 11.3 Å². The van der Waals surface area contributed by atoms with Crippen LogP contribution in [0, 0.1) is 13.8 Å². The molecule has 0 spiro atoms. The monoisotopic (exact) mass is 285 g/mol. The summed E-state index contributed by atoms with van der Waals surface area (Å²) in [5.41, 5.74) is 3.89. The highest BCUT2D eigenvalue weighted by Crippen LogP contribution is 2.35. The van der Waals surface area contributed by atoms with Gasteiger partial charge in [-0.3, -0.25) is 0 Å². The molecule has 1 N–H and O–H groups in total. The summed E-state index contributed by atoms with van der Waals surface area (Å²) in [7, 11) is 0. The first-order valence-electron chi connectivity index (χ1n) is 5.65. The normalized spacial score (nSPS) is 12.9. The minimum absolute atomic E-state index is 0.280. The first-order valence-corrected chi connectivity index (χ1v) is 7.79. The van der Waals surface area contributed by atoms with Crippen LogP contribution in [0.15, 0.2) is 16.8 Å². The summed E-state index contributed by atoms with van der Waals surface area (Å²) in [6, 6.07) is 2.47. The van der Waals surface area contributed by atoms with E-state index in [-0.39, 0.29) is 6.04 Å². The van der Waals surface area contributed by atoms with Crippen molar-refractivity contribution >= 4 is 34.3 Å². The topological polar surface area (TPSA) is 12.0 Å². The van der Waals surface area contributed by atoms with Crippen LogP contribution < -0.4 is 5.32 Å². The Bertz CT molecular complexity index is 482. The Morgan fingerprint density at radius 1 is 1.29 bits per heavy atom. The van der Waals surface area contributed by atoms with Crippen LogP contribution in [0.4, 0.5) is 0 Å². The van der Waals surface area contributed by atoms with E-state index in [1.54, 1.807) is 22.7 Å². The van der Waals surface area contributed by atoms with Crippen molar-refractivity contribution in [2.45, 2.75) is 26.8 Å². The Kier molecular flexibility index (Phi) is 4.26. The van der Waals surface area contributed by atoms with E-state index in [1.807, 2.05) is 0 Å². The van der Waals surface area contributed by atoms with E-state index in [1.165, 1.54) is 21.6 Å². The minimum Gasteiger partial charge on any atom is -0.306 e. The van der Waals surface area contributed by atoms with Crippen molar-refractivity contribution in [3.63, 3.8) is 0 Å². The van der Waals surface area contributed by atoms with Crippen molar-refractivity contribution in [3.8, 4) is 0 Å². The van der Waals surface area contributed by atoms with E-state index in [2.05, 4.69) is 42.9 Å². The SMILES string of the molecule is CCNC(c1cc(C)c(Cl)s1)c1cscc1C. The van der Waals surface area contributed by atoms with Gasteiger partial charge < -0.3 is 5.32 Å². The summed E-state index contributed by atoms with van der Waals surface area (Å²) in [5.74, 6) is 0. The van der Waals surface area contributed by atoms with Gasteiger partial charge in [-0.1, -0.05) is 18.5 Å². The van der Waals surface area contributed by atoms with Gasteiger partial charge >= 0.3 is 0 Å². The van der Waals surface area contributed by atoms with Crippen LogP contribution in [0.25, 0.3) is 0 Å². The Morgan fingerprint density at radius 2 is 2.06 bits per heavy atom. The van der Waals surface area contributed by atoms with Gasteiger partial charge in [0.2, 0.25) is 0 Å². The van der Waals surface area contributed by atoms with Crippen molar-refractivity contribution in [3.05, 3.63) is 42.7 Å². The molecule has 0 fully saturated rings. The maximum absolute atomic E-state index is 6.17. The molecule has 2 aromatic heterocycles. The van der Waals surface area contributed by atoms with Gasteiger partial charge in [0.05, 0.1) is 10.4 Å². The molecule has 0 radical (unpaired) electrons. The van der Waals surface area contributed by atoms with Gasteiger partial charge in [0.25, 0.3) is 0 Å². The molecule has 0 bridgehead atoms. The molecule has 1 nitrogen and oxygen atoms in total. The lowest BCUT2D eigenvalue weighted by Gasteiger charge is -2.16. The quantitative estimate of drug-likeness (QED) is 0.852. The molecule has 0 aliphatic carbocycles. The molecule has 0 saturated heterocycles. The lowest BCUT2D eigenvalue weighted by atomic mass is 10.0.